The molecule has 266 valence electrons. The van der Waals surface area contributed by atoms with Crippen LogP contribution in [0.2, 0.25) is 0 Å². The lowest BCUT2D eigenvalue weighted by Crippen LogP contribution is -2.02. The zero-order chi connectivity index (χ0) is 37.5. The minimum absolute atomic E-state index is 0.547. The molecule has 0 radical (unpaired) electrons. The SMILES string of the molecule is c1ccc(-c2ccc3oc4c(-c5nc(-c6ccccc6)nc(-c6cccc7sc8ccccc8c67)n5)cc(-n5c6ccccc6c6ccccc65)cc4c3c2)cc1. The van der Waals surface area contributed by atoms with Crippen LogP contribution in [0.3, 0.4) is 0 Å². The van der Waals surface area contributed by atoms with E-state index in [1.807, 2.05) is 24.3 Å². The summed E-state index contributed by atoms with van der Waals surface area (Å²) >= 11 is 1.79. The van der Waals surface area contributed by atoms with E-state index in [1.165, 1.54) is 25.6 Å². The molecule has 0 spiro atoms. The van der Waals surface area contributed by atoms with Crippen molar-refractivity contribution < 1.29 is 4.42 Å². The van der Waals surface area contributed by atoms with E-state index >= 15 is 0 Å². The molecule has 0 saturated heterocycles. The number of aromatic nitrogens is 4. The van der Waals surface area contributed by atoms with Crippen molar-refractivity contribution in [2.45, 2.75) is 0 Å². The molecule has 0 aliphatic heterocycles. The van der Waals surface area contributed by atoms with Crippen LogP contribution in [0.25, 0.3) is 115 Å². The zero-order valence-corrected chi connectivity index (χ0v) is 31.2. The summed E-state index contributed by atoms with van der Waals surface area (Å²) in [5.74, 6) is 1.77. The second-order valence-electron chi connectivity index (χ2n) is 14.4. The fourth-order valence-electron chi connectivity index (χ4n) is 8.46. The van der Waals surface area contributed by atoms with Gasteiger partial charge in [0, 0.05) is 58.5 Å². The molecular weight excluding hydrogens is 717 g/mol. The third-order valence-electron chi connectivity index (χ3n) is 11.1. The predicted molar refractivity (Wildman–Crippen MR) is 236 cm³/mol. The Morgan fingerprint density at radius 3 is 1.77 bits per heavy atom. The van der Waals surface area contributed by atoms with Crippen molar-refractivity contribution in [1.29, 1.82) is 0 Å². The average Bonchev–Trinajstić information content (AvgIpc) is 3.96. The number of furan rings is 1. The third kappa shape index (κ3) is 5.04. The van der Waals surface area contributed by atoms with Gasteiger partial charge in [-0.2, -0.15) is 0 Å². The number of fused-ring (bicyclic) bond motifs is 9. The van der Waals surface area contributed by atoms with Crippen molar-refractivity contribution in [3.05, 3.63) is 182 Å². The Morgan fingerprint density at radius 2 is 1.02 bits per heavy atom. The number of rotatable bonds is 5. The van der Waals surface area contributed by atoms with Gasteiger partial charge in [-0.05, 0) is 59.7 Å². The lowest BCUT2D eigenvalue weighted by atomic mass is 10.0. The minimum atomic E-state index is 0.547. The standard InChI is InChI=1S/C51H30N4OS/c1-3-14-31(15-4-1)33-26-27-44-39(28-33)40-29-34(55-42-22-10-7-18-35(42)36-19-8-11-23-43(36)55)30-41(48(40)56-44)51-53-49(32-16-5-2-6-17-32)52-50(54-51)38-21-13-25-46-47(38)37-20-9-12-24-45(37)57-46/h1-30H. The minimum Gasteiger partial charge on any atom is -0.455 e. The molecule has 12 aromatic rings. The number of para-hydroxylation sites is 2. The predicted octanol–water partition coefficient (Wildman–Crippen LogP) is 13.9. The maximum Gasteiger partial charge on any atom is 0.167 e. The van der Waals surface area contributed by atoms with Crippen molar-refractivity contribution in [3.8, 4) is 51.0 Å². The van der Waals surface area contributed by atoms with E-state index in [-0.39, 0.29) is 0 Å². The molecule has 0 bridgehead atoms. The van der Waals surface area contributed by atoms with E-state index in [0.717, 1.165) is 71.9 Å². The Bertz CT molecular complexity index is 3470. The second-order valence-corrected chi connectivity index (χ2v) is 15.5. The summed E-state index contributed by atoms with van der Waals surface area (Å²) < 4.78 is 11.7. The van der Waals surface area contributed by atoms with Crippen LogP contribution >= 0.6 is 11.3 Å². The van der Waals surface area contributed by atoms with Crippen molar-refractivity contribution in [2.75, 3.05) is 0 Å². The molecule has 0 aliphatic rings. The lowest BCUT2D eigenvalue weighted by molar-refractivity contribution is 0.669. The normalized spacial score (nSPS) is 11.9. The zero-order valence-electron chi connectivity index (χ0n) is 30.4. The average molecular weight is 747 g/mol. The Balaban J connectivity index is 1.19. The smallest absolute Gasteiger partial charge is 0.167 e. The summed E-state index contributed by atoms with van der Waals surface area (Å²) in [5, 5.41) is 6.76. The van der Waals surface area contributed by atoms with Crippen LogP contribution in [0, 0.1) is 0 Å². The maximum absolute atomic E-state index is 6.87. The number of hydrogen-bond donors (Lipinski definition) is 0. The van der Waals surface area contributed by atoms with E-state index in [2.05, 4.69) is 162 Å². The molecule has 4 aromatic heterocycles. The monoisotopic (exact) mass is 746 g/mol. The van der Waals surface area contributed by atoms with Gasteiger partial charge < -0.3 is 8.98 Å². The van der Waals surface area contributed by atoms with Gasteiger partial charge in [0.05, 0.1) is 16.6 Å². The largest absolute Gasteiger partial charge is 0.455 e. The van der Waals surface area contributed by atoms with E-state index in [1.54, 1.807) is 11.3 Å². The first-order valence-electron chi connectivity index (χ1n) is 19.0. The van der Waals surface area contributed by atoms with Crippen molar-refractivity contribution in [1.82, 2.24) is 19.5 Å². The van der Waals surface area contributed by atoms with Gasteiger partial charge in [0.15, 0.2) is 17.5 Å². The highest BCUT2D eigenvalue weighted by Crippen LogP contribution is 2.43. The molecule has 0 N–H and O–H groups in total. The van der Waals surface area contributed by atoms with E-state index in [0.29, 0.717) is 17.5 Å². The number of hydrogen-bond acceptors (Lipinski definition) is 5. The molecule has 4 heterocycles. The fraction of sp³-hybridized carbons (Fsp3) is 0. The molecule has 0 aliphatic carbocycles. The van der Waals surface area contributed by atoms with Crippen LogP contribution in [0.4, 0.5) is 0 Å². The van der Waals surface area contributed by atoms with Crippen LogP contribution in [0.1, 0.15) is 0 Å². The van der Waals surface area contributed by atoms with Crippen molar-refractivity contribution >= 4 is 75.3 Å². The van der Waals surface area contributed by atoms with Gasteiger partial charge in [0.25, 0.3) is 0 Å². The Kier molecular flexibility index (Phi) is 7.03. The number of thiophene rings is 1. The van der Waals surface area contributed by atoms with Crippen LogP contribution in [-0.2, 0) is 0 Å². The molecular formula is C51H30N4OS. The first-order chi connectivity index (χ1) is 28.2. The molecule has 0 amide bonds. The number of benzene rings is 8. The van der Waals surface area contributed by atoms with Gasteiger partial charge in [-0.15, -0.1) is 11.3 Å². The Morgan fingerprint density at radius 1 is 0.404 bits per heavy atom. The fourth-order valence-corrected chi connectivity index (χ4v) is 9.60. The maximum atomic E-state index is 6.87. The van der Waals surface area contributed by atoms with Gasteiger partial charge >= 0.3 is 0 Å². The van der Waals surface area contributed by atoms with Gasteiger partial charge in [-0.25, -0.2) is 15.0 Å². The van der Waals surface area contributed by atoms with Crippen molar-refractivity contribution in [2.24, 2.45) is 0 Å². The van der Waals surface area contributed by atoms with Crippen LogP contribution in [-0.4, -0.2) is 19.5 Å². The second kappa shape index (κ2) is 12.6. The van der Waals surface area contributed by atoms with Crippen LogP contribution < -0.4 is 0 Å². The summed E-state index contributed by atoms with van der Waals surface area (Å²) in [7, 11) is 0. The molecule has 0 atom stereocenters. The highest BCUT2D eigenvalue weighted by molar-refractivity contribution is 7.25. The van der Waals surface area contributed by atoms with Crippen LogP contribution in [0.5, 0.6) is 0 Å². The van der Waals surface area contributed by atoms with Gasteiger partial charge in [-0.3, -0.25) is 0 Å². The van der Waals surface area contributed by atoms with E-state index in [9.17, 15) is 0 Å². The Hall–Kier alpha value is -7.41. The Labute approximate surface area is 330 Å². The molecule has 0 unspecified atom stereocenters. The first-order valence-corrected chi connectivity index (χ1v) is 19.8. The van der Waals surface area contributed by atoms with Crippen molar-refractivity contribution in [3.63, 3.8) is 0 Å². The molecule has 6 heteroatoms. The summed E-state index contributed by atoms with van der Waals surface area (Å²) in [4.78, 5) is 15.9. The molecule has 5 nitrogen and oxygen atoms in total. The van der Waals surface area contributed by atoms with Gasteiger partial charge in [0.1, 0.15) is 11.2 Å². The first kappa shape index (κ1) is 31.9. The van der Waals surface area contributed by atoms with E-state index in [4.69, 9.17) is 19.4 Å². The summed E-state index contributed by atoms with van der Waals surface area (Å²) in [6, 6.07) is 63.8. The number of nitrogens with zero attached hydrogens (tertiary/aromatic N) is 4. The van der Waals surface area contributed by atoms with Gasteiger partial charge in [0.2, 0.25) is 0 Å². The molecule has 57 heavy (non-hydrogen) atoms. The molecule has 0 saturated carbocycles. The van der Waals surface area contributed by atoms with E-state index < -0.39 is 0 Å². The summed E-state index contributed by atoms with van der Waals surface area (Å²) in [6.45, 7) is 0. The quantitative estimate of drug-likeness (QED) is 0.176. The lowest BCUT2D eigenvalue weighted by Gasteiger charge is -2.13. The topological polar surface area (TPSA) is 56.7 Å². The molecule has 0 fully saturated rings. The highest BCUT2D eigenvalue weighted by Gasteiger charge is 2.23. The summed E-state index contributed by atoms with van der Waals surface area (Å²) in [6.07, 6.45) is 0. The molecule has 12 rings (SSSR count). The van der Waals surface area contributed by atoms with Crippen LogP contribution in [0.15, 0.2) is 186 Å². The van der Waals surface area contributed by atoms with Gasteiger partial charge in [-0.1, -0.05) is 133 Å². The molecule has 8 aromatic carbocycles. The highest BCUT2D eigenvalue weighted by atomic mass is 32.1. The third-order valence-corrected chi connectivity index (χ3v) is 12.2. The summed E-state index contributed by atoms with van der Waals surface area (Å²) in [5.41, 5.74) is 9.73.